The summed E-state index contributed by atoms with van der Waals surface area (Å²) < 4.78 is 5.45. The normalized spacial score (nSPS) is 14.6. The van der Waals surface area contributed by atoms with E-state index in [1.807, 2.05) is 0 Å². The van der Waals surface area contributed by atoms with Crippen LogP contribution in [-0.2, 0) is 21.6 Å². The van der Waals surface area contributed by atoms with Gasteiger partial charge in [0.1, 0.15) is 12.0 Å². The van der Waals surface area contributed by atoms with Gasteiger partial charge in [-0.05, 0) is 47.6 Å². The summed E-state index contributed by atoms with van der Waals surface area (Å²) in [6.07, 6.45) is 12.6. The van der Waals surface area contributed by atoms with Crippen molar-refractivity contribution >= 4 is 17.6 Å². The quantitative estimate of drug-likeness (QED) is 0.172. The molecule has 0 saturated heterocycles. The zero-order valence-corrected chi connectivity index (χ0v) is 20.8. The van der Waals surface area contributed by atoms with E-state index < -0.39 is 5.38 Å². The van der Waals surface area contributed by atoms with E-state index in [4.69, 9.17) is 16.3 Å². The molecule has 174 valence electrons. The van der Waals surface area contributed by atoms with Crippen molar-refractivity contribution in [2.24, 2.45) is 0 Å². The van der Waals surface area contributed by atoms with E-state index in [2.05, 4.69) is 56.3 Å². The third kappa shape index (κ3) is 5.57. The highest BCUT2D eigenvalue weighted by atomic mass is 35.5. The molecule has 1 atom stereocenters. The molecule has 0 amide bonds. The number of halogens is 1. The Labute approximate surface area is 199 Å². The van der Waals surface area contributed by atoms with E-state index in [0.717, 1.165) is 5.56 Å². The lowest BCUT2D eigenvalue weighted by molar-refractivity contribution is -0.144. The van der Waals surface area contributed by atoms with Crippen LogP contribution in [-0.4, -0.2) is 11.3 Å². The SMILES string of the molecule is CCCCCCC1(CCCCCC)c2ccccc2-c2ccc(COC(=O)C(C)Cl)cc21. The van der Waals surface area contributed by atoms with Gasteiger partial charge in [-0.3, -0.25) is 4.79 Å². The molecular formula is C29H39ClO2. The molecule has 0 bridgehead atoms. The predicted octanol–water partition coefficient (Wildman–Crippen LogP) is 8.56. The highest BCUT2D eigenvalue weighted by Gasteiger charge is 2.42. The van der Waals surface area contributed by atoms with Gasteiger partial charge in [0.25, 0.3) is 0 Å². The smallest absolute Gasteiger partial charge is 0.324 e. The van der Waals surface area contributed by atoms with Gasteiger partial charge in [-0.15, -0.1) is 11.6 Å². The second-order valence-electron chi connectivity index (χ2n) is 9.35. The molecule has 2 aromatic carbocycles. The average molecular weight is 455 g/mol. The Balaban J connectivity index is 1.96. The maximum absolute atomic E-state index is 11.9. The minimum absolute atomic E-state index is 0.0627. The van der Waals surface area contributed by atoms with Gasteiger partial charge in [-0.2, -0.15) is 0 Å². The molecule has 1 aliphatic rings. The van der Waals surface area contributed by atoms with Crippen LogP contribution < -0.4 is 0 Å². The summed E-state index contributed by atoms with van der Waals surface area (Å²) in [5.74, 6) is -0.360. The highest BCUT2D eigenvalue weighted by molar-refractivity contribution is 6.29. The molecule has 3 heteroatoms. The van der Waals surface area contributed by atoms with Crippen LogP contribution in [0.3, 0.4) is 0 Å². The zero-order valence-electron chi connectivity index (χ0n) is 20.1. The van der Waals surface area contributed by atoms with Crippen molar-refractivity contribution in [1.82, 2.24) is 0 Å². The molecule has 0 saturated carbocycles. The van der Waals surface area contributed by atoms with Gasteiger partial charge in [0.15, 0.2) is 0 Å². The fourth-order valence-corrected chi connectivity index (χ4v) is 5.30. The number of unbranched alkanes of at least 4 members (excludes halogenated alkanes) is 6. The number of benzene rings is 2. The first kappa shape index (κ1) is 24.8. The van der Waals surface area contributed by atoms with Crippen LogP contribution >= 0.6 is 11.6 Å². The van der Waals surface area contributed by atoms with Gasteiger partial charge in [0.2, 0.25) is 0 Å². The molecule has 2 aromatic rings. The fourth-order valence-electron chi connectivity index (χ4n) is 5.23. The maximum Gasteiger partial charge on any atom is 0.324 e. The van der Waals surface area contributed by atoms with E-state index in [-0.39, 0.29) is 18.0 Å². The number of esters is 1. The monoisotopic (exact) mass is 454 g/mol. The molecule has 1 aliphatic carbocycles. The Bertz CT molecular complexity index is 874. The Kier molecular flexibility index (Phi) is 9.22. The van der Waals surface area contributed by atoms with Crippen LogP contribution in [0.4, 0.5) is 0 Å². The van der Waals surface area contributed by atoms with E-state index in [1.165, 1.54) is 86.5 Å². The molecule has 0 aromatic heterocycles. The van der Waals surface area contributed by atoms with Crippen molar-refractivity contribution in [2.45, 2.75) is 102 Å². The summed E-state index contributed by atoms with van der Waals surface area (Å²) >= 11 is 5.89. The summed E-state index contributed by atoms with van der Waals surface area (Å²) in [6, 6.07) is 15.6. The van der Waals surface area contributed by atoms with Gasteiger partial charge in [0.05, 0.1) is 0 Å². The summed E-state index contributed by atoms with van der Waals surface area (Å²) in [7, 11) is 0. The predicted molar refractivity (Wildman–Crippen MR) is 135 cm³/mol. The number of hydrogen-bond acceptors (Lipinski definition) is 2. The fraction of sp³-hybridized carbons (Fsp3) is 0.552. The van der Waals surface area contributed by atoms with Crippen molar-refractivity contribution in [3.63, 3.8) is 0 Å². The number of ether oxygens (including phenoxy) is 1. The minimum atomic E-state index is -0.620. The van der Waals surface area contributed by atoms with Crippen LogP contribution in [0.15, 0.2) is 42.5 Å². The molecule has 0 N–H and O–H groups in total. The first-order valence-electron chi connectivity index (χ1n) is 12.6. The summed E-state index contributed by atoms with van der Waals surface area (Å²) in [4.78, 5) is 11.9. The molecule has 0 spiro atoms. The van der Waals surface area contributed by atoms with Gasteiger partial charge in [0, 0.05) is 5.41 Å². The number of carbonyl (C=O) groups excluding carboxylic acids is 1. The zero-order chi connectivity index (χ0) is 23.0. The summed E-state index contributed by atoms with van der Waals surface area (Å²) in [5.41, 5.74) is 6.77. The standard InChI is InChI=1S/C29H39ClO2/c1-4-6-8-12-18-29(19-13-9-7-5-2)26-15-11-10-14-24(26)25-17-16-23(20-27(25)29)21-32-28(31)22(3)30/h10-11,14-17,20,22H,4-9,12-13,18-19,21H2,1-3H3. The molecule has 1 unspecified atom stereocenters. The number of hydrogen-bond donors (Lipinski definition) is 0. The Morgan fingerprint density at radius 1 is 0.875 bits per heavy atom. The largest absolute Gasteiger partial charge is 0.460 e. The molecule has 32 heavy (non-hydrogen) atoms. The highest BCUT2D eigenvalue weighted by Crippen LogP contribution is 2.54. The molecular weight excluding hydrogens is 416 g/mol. The van der Waals surface area contributed by atoms with E-state index in [0.29, 0.717) is 0 Å². The molecule has 0 heterocycles. The first-order valence-corrected chi connectivity index (χ1v) is 13.0. The lowest BCUT2D eigenvalue weighted by Gasteiger charge is -2.33. The molecule has 3 rings (SSSR count). The second-order valence-corrected chi connectivity index (χ2v) is 10.0. The van der Waals surface area contributed by atoms with E-state index >= 15 is 0 Å². The molecule has 0 fully saturated rings. The molecule has 0 aliphatic heterocycles. The van der Waals surface area contributed by atoms with Gasteiger partial charge >= 0.3 is 5.97 Å². The first-order chi connectivity index (χ1) is 15.5. The van der Waals surface area contributed by atoms with Gasteiger partial charge in [-0.25, -0.2) is 0 Å². The Morgan fingerprint density at radius 3 is 2.12 bits per heavy atom. The van der Waals surface area contributed by atoms with Crippen molar-refractivity contribution in [2.75, 3.05) is 0 Å². The average Bonchev–Trinajstić information content (AvgIpc) is 3.07. The number of rotatable bonds is 13. The summed E-state index contributed by atoms with van der Waals surface area (Å²) in [6.45, 7) is 6.48. The molecule has 0 radical (unpaired) electrons. The van der Waals surface area contributed by atoms with Crippen molar-refractivity contribution in [1.29, 1.82) is 0 Å². The number of fused-ring (bicyclic) bond motifs is 3. The van der Waals surface area contributed by atoms with Crippen LogP contribution in [0.1, 0.15) is 102 Å². The van der Waals surface area contributed by atoms with Crippen LogP contribution in [0, 0.1) is 0 Å². The lowest BCUT2D eigenvalue weighted by atomic mass is 9.70. The van der Waals surface area contributed by atoms with Crippen LogP contribution in [0.5, 0.6) is 0 Å². The minimum Gasteiger partial charge on any atom is -0.460 e. The third-order valence-corrected chi connectivity index (χ3v) is 7.13. The van der Waals surface area contributed by atoms with Crippen LogP contribution in [0.2, 0.25) is 0 Å². The Morgan fingerprint density at radius 2 is 1.50 bits per heavy atom. The van der Waals surface area contributed by atoms with E-state index in [1.54, 1.807) is 6.92 Å². The maximum atomic E-state index is 11.9. The second kappa shape index (κ2) is 11.9. The third-order valence-electron chi connectivity index (χ3n) is 6.95. The lowest BCUT2D eigenvalue weighted by Crippen LogP contribution is -2.25. The van der Waals surface area contributed by atoms with Crippen molar-refractivity contribution in [3.8, 4) is 11.1 Å². The van der Waals surface area contributed by atoms with Crippen LogP contribution in [0.25, 0.3) is 11.1 Å². The number of alkyl halides is 1. The molecule has 2 nitrogen and oxygen atoms in total. The van der Waals surface area contributed by atoms with Gasteiger partial charge < -0.3 is 4.74 Å². The van der Waals surface area contributed by atoms with Gasteiger partial charge in [-0.1, -0.05) is 108 Å². The van der Waals surface area contributed by atoms with Crippen molar-refractivity contribution in [3.05, 3.63) is 59.2 Å². The summed E-state index contributed by atoms with van der Waals surface area (Å²) in [5, 5.41) is -0.620. The topological polar surface area (TPSA) is 26.3 Å². The van der Waals surface area contributed by atoms with E-state index in [9.17, 15) is 4.79 Å². The Hall–Kier alpha value is -1.80. The number of carbonyl (C=O) groups is 1. The van der Waals surface area contributed by atoms with Crippen molar-refractivity contribution < 1.29 is 9.53 Å².